The fourth-order valence-electron chi connectivity index (χ4n) is 3.26. The van der Waals surface area contributed by atoms with Crippen LogP contribution in [0.1, 0.15) is 69.2 Å². The molecule has 4 nitrogen and oxygen atoms in total. The Morgan fingerprint density at radius 1 is 1.00 bits per heavy atom. The molecule has 2 saturated carbocycles. The summed E-state index contributed by atoms with van der Waals surface area (Å²) in [5, 5.41) is 6.95. The topological polar surface area (TPSA) is 49.8 Å². The highest BCUT2D eigenvalue weighted by Crippen LogP contribution is 2.39. The Labute approximate surface area is 128 Å². The van der Waals surface area contributed by atoms with Crippen molar-refractivity contribution >= 4 is 11.6 Å². The van der Waals surface area contributed by atoms with Crippen molar-refractivity contribution in [3.8, 4) is 0 Å². The molecular weight excluding hydrogens is 260 g/mol. The van der Waals surface area contributed by atoms with E-state index in [1.165, 1.54) is 44.9 Å². The van der Waals surface area contributed by atoms with E-state index in [0.717, 1.165) is 42.0 Å². The van der Waals surface area contributed by atoms with Gasteiger partial charge in [0, 0.05) is 24.6 Å². The van der Waals surface area contributed by atoms with Crippen LogP contribution < -0.4 is 10.6 Å². The fourth-order valence-corrected chi connectivity index (χ4v) is 3.26. The van der Waals surface area contributed by atoms with E-state index in [0.29, 0.717) is 5.92 Å². The van der Waals surface area contributed by atoms with Gasteiger partial charge in [0.05, 0.1) is 0 Å². The van der Waals surface area contributed by atoms with Crippen LogP contribution >= 0.6 is 0 Å². The Hall–Kier alpha value is -1.32. The minimum Gasteiger partial charge on any atom is -0.370 e. The molecule has 0 amide bonds. The number of hydrogen-bond donors (Lipinski definition) is 2. The van der Waals surface area contributed by atoms with Crippen LogP contribution in [0, 0.1) is 12.8 Å². The highest BCUT2D eigenvalue weighted by molar-refractivity contribution is 5.57. The first-order chi connectivity index (χ1) is 10.3. The summed E-state index contributed by atoms with van der Waals surface area (Å²) >= 11 is 0. The van der Waals surface area contributed by atoms with Gasteiger partial charge in [0.15, 0.2) is 0 Å². The third kappa shape index (κ3) is 3.66. The molecule has 0 aromatic carbocycles. The first kappa shape index (κ1) is 14.6. The molecule has 0 spiro atoms. The lowest BCUT2D eigenvalue weighted by molar-refractivity contribution is 0.518. The Bertz CT molecular complexity index is 476. The molecule has 0 radical (unpaired) electrons. The Kier molecular flexibility index (Phi) is 4.61. The van der Waals surface area contributed by atoms with Crippen molar-refractivity contribution in [1.29, 1.82) is 0 Å². The zero-order valence-electron chi connectivity index (χ0n) is 13.4. The lowest BCUT2D eigenvalue weighted by Gasteiger charge is -2.15. The molecule has 1 aromatic rings. The lowest BCUT2D eigenvalue weighted by atomic mass is 10.0. The Morgan fingerprint density at radius 3 is 2.29 bits per heavy atom. The number of anilines is 2. The van der Waals surface area contributed by atoms with Gasteiger partial charge in [-0.3, -0.25) is 0 Å². The summed E-state index contributed by atoms with van der Waals surface area (Å²) in [5.41, 5.74) is 1.16. The first-order valence-electron chi connectivity index (χ1n) is 8.64. The Morgan fingerprint density at radius 2 is 1.67 bits per heavy atom. The average molecular weight is 288 g/mol. The summed E-state index contributed by atoms with van der Waals surface area (Å²) in [4.78, 5) is 9.49. The van der Waals surface area contributed by atoms with E-state index < -0.39 is 0 Å². The van der Waals surface area contributed by atoms with Gasteiger partial charge in [0.2, 0.25) is 0 Å². The van der Waals surface area contributed by atoms with Crippen molar-refractivity contribution < 1.29 is 0 Å². The standard InChI is InChI=1S/C17H28N4/c1-3-18-15-12(2)16(21-17(20-15)14-8-9-14)19-11-10-13-6-4-5-7-13/h13-14H,3-11H2,1-2H3,(H2,18,19,20,21). The van der Waals surface area contributed by atoms with Crippen molar-refractivity contribution in [2.45, 2.75) is 64.7 Å². The van der Waals surface area contributed by atoms with Crippen LogP contribution in [-0.2, 0) is 0 Å². The number of nitrogens with one attached hydrogen (secondary N) is 2. The summed E-state index contributed by atoms with van der Waals surface area (Å²) in [5.74, 6) is 4.60. The normalized spacial score (nSPS) is 19.0. The first-order valence-corrected chi connectivity index (χ1v) is 8.64. The monoisotopic (exact) mass is 288 g/mol. The lowest BCUT2D eigenvalue weighted by Crippen LogP contribution is -2.13. The van der Waals surface area contributed by atoms with Gasteiger partial charge in [0.25, 0.3) is 0 Å². The van der Waals surface area contributed by atoms with Crippen LogP contribution in [-0.4, -0.2) is 23.1 Å². The second kappa shape index (κ2) is 6.63. The second-order valence-corrected chi connectivity index (χ2v) is 6.57. The van der Waals surface area contributed by atoms with Gasteiger partial charge in [-0.1, -0.05) is 25.7 Å². The molecule has 2 N–H and O–H groups in total. The van der Waals surface area contributed by atoms with Gasteiger partial charge >= 0.3 is 0 Å². The molecule has 3 rings (SSSR count). The second-order valence-electron chi connectivity index (χ2n) is 6.57. The molecule has 0 saturated heterocycles. The van der Waals surface area contributed by atoms with Crippen molar-refractivity contribution in [3.05, 3.63) is 11.4 Å². The maximum atomic E-state index is 4.78. The number of hydrogen-bond acceptors (Lipinski definition) is 4. The van der Waals surface area contributed by atoms with Crippen LogP contribution in [0.4, 0.5) is 11.6 Å². The molecule has 0 bridgehead atoms. The van der Waals surface area contributed by atoms with Crippen molar-refractivity contribution in [3.63, 3.8) is 0 Å². The average Bonchev–Trinajstić information content (AvgIpc) is 3.20. The van der Waals surface area contributed by atoms with Gasteiger partial charge < -0.3 is 10.6 Å². The fraction of sp³-hybridized carbons (Fsp3) is 0.765. The highest BCUT2D eigenvalue weighted by atomic mass is 15.1. The molecule has 2 aliphatic carbocycles. The molecule has 0 unspecified atom stereocenters. The maximum Gasteiger partial charge on any atom is 0.136 e. The molecule has 2 fully saturated rings. The van der Waals surface area contributed by atoms with E-state index in [9.17, 15) is 0 Å². The van der Waals surface area contributed by atoms with Crippen LogP contribution in [0.25, 0.3) is 0 Å². The van der Waals surface area contributed by atoms with E-state index in [1.54, 1.807) is 0 Å². The summed E-state index contributed by atoms with van der Waals surface area (Å²) in [6.07, 6.45) is 9.45. The van der Waals surface area contributed by atoms with Gasteiger partial charge in [-0.25, -0.2) is 9.97 Å². The number of aromatic nitrogens is 2. The number of rotatable bonds is 7. The van der Waals surface area contributed by atoms with Crippen molar-refractivity contribution in [2.24, 2.45) is 5.92 Å². The van der Waals surface area contributed by atoms with E-state index in [4.69, 9.17) is 9.97 Å². The molecule has 1 aromatic heterocycles. The largest absolute Gasteiger partial charge is 0.370 e. The summed E-state index contributed by atoms with van der Waals surface area (Å²) in [6, 6.07) is 0. The Balaban J connectivity index is 1.66. The van der Waals surface area contributed by atoms with Crippen molar-refractivity contribution in [2.75, 3.05) is 23.7 Å². The third-order valence-corrected chi connectivity index (χ3v) is 4.77. The van der Waals surface area contributed by atoms with Gasteiger partial charge in [-0.05, 0) is 39.0 Å². The highest BCUT2D eigenvalue weighted by Gasteiger charge is 2.28. The summed E-state index contributed by atoms with van der Waals surface area (Å²) in [6.45, 7) is 6.18. The minimum absolute atomic E-state index is 0.596. The smallest absolute Gasteiger partial charge is 0.136 e. The van der Waals surface area contributed by atoms with E-state index in [2.05, 4.69) is 24.5 Å². The van der Waals surface area contributed by atoms with E-state index in [-0.39, 0.29) is 0 Å². The predicted octanol–water partition coefficient (Wildman–Crippen LogP) is 4.09. The van der Waals surface area contributed by atoms with Crippen molar-refractivity contribution in [1.82, 2.24) is 9.97 Å². The molecule has 116 valence electrons. The molecule has 0 aliphatic heterocycles. The molecule has 2 aliphatic rings. The van der Waals surface area contributed by atoms with Crippen LogP contribution in [0.2, 0.25) is 0 Å². The van der Waals surface area contributed by atoms with E-state index in [1.807, 2.05) is 0 Å². The zero-order valence-corrected chi connectivity index (χ0v) is 13.4. The number of nitrogens with zero attached hydrogens (tertiary/aromatic N) is 2. The minimum atomic E-state index is 0.596. The van der Waals surface area contributed by atoms with Gasteiger partial charge in [0.1, 0.15) is 17.5 Å². The summed E-state index contributed by atoms with van der Waals surface area (Å²) < 4.78 is 0. The van der Waals surface area contributed by atoms with Crippen LogP contribution in [0.5, 0.6) is 0 Å². The molecule has 1 heterocycles. The predicted molar refractivity (Wildman–Crippen MR) is 88.0 cm³/mol. The van der Waals surface area contributed by atoms with Crippen LogP contribution in [0.3, 0.4) is 0 Å². The SMILES string of the molecule is CCNc1nc(C2CC2)nc(NCCC2CCCC2)c1C. The molecular formula is C17H28N4. The third-order valence-electron chi connectivity index (χ3n) is 4.77. The zero-order chi connectivity index (χ0) is 14.7. The molecule has 21 heavy (non-hydrogen) atoms. The van der Waals surface area contributed by atoms with Gasteiger partial charge in [-0.2, -0.15) is 0 Å². The molecule has 0 atom stereocenters. The quantitative estimate of drug-likeness (QED) is 0.793. The van der Waals surface area contributed by atoms with Gasteiger partial charge in [-0.15, -0.1) is 0 Å². The maximum absolute atomic E-state index is 4.78. The molecule has 4 heteroatoms. The summed E-state index contributed by atoms with van der Waals surface area (Å²) in [7, 11) is 0. The van der Waals surface area contributed by atoms with Crippen LogP contribution in [0.15, 0.2) is 0 Å². The van der Waals surface area contributed by atoms with E-state index >= 15 is 0 Å².